The molecular weight excluding hydrogens is 410 g/mol. The molecule has 8 heteroatoms. The minimum atomic E-state index is -0.981. The number of carboxylic acids is 1. The van der Waals surface area contributed by atoms with Gasteiger partial charge in [0.2, 0.25) is 11.8 Å². The van der Waals surface area contributed by atoms with E-state index in [4.69, 9.17) is 10.8 Å². The molecule has 0 radical (unpaired) electrons. The van der Waals surface area contributed by atoms with E-state index in [1.807, 2.05) is 35.2 Å². The van der Waals surface area contributed by atoms with Crippen LogP contribution in [0.4, 0.5) is 0 Å². The van der Waals surface area contributed by atoms with Crippen molar-refractivity contribution in [1.82, 2.24) is 9.80 Å². The SMILES string of the molecule is CC(C)CN1C(=O)C2(CCN(C(=O)[C@@H](N)CCC(=O)O)CC2)C[C@@H](O)[C@@H]1c1ccccc1. The van der Waals surface area contributed by atoms with Gasteiger partial charge in [-0.25, -0.2) is 0 Å². The molecule has 3 atom stereocenters. The molecule has 1 spiro atoms. The number of benzene rings is 1. The van der Waals surface area contributed by atoms with Crippen molar-refractivity contribution in [2.75, 3.05) is 19.6 Å². The quantitative estimate of drug-likeness (QED) is 0.588. The van der Waals surface area contributed by atoms with Crippen LogP contribution in [0.3, 0.4) is 0 Å². The number of aliphatic carboxylic acids is 1. The highest BCUT2D eigenvalue weighted by Crippen LogP contribution is 2.47. The van der Waals surface area contributed by atoms with Crippen LogP contribution in [0.5, 0.6) is 0 Å². The van der Waals surface area contributed by atoms with Crippen LogP contribution in [-0.4, -0.2) is 69.6 Å². The lowest BCUT2D eigenvalue weighted by Gasteiger charge is -2.52. The van der Waals surface area contributed by atoms with Gasteiger partial charge in [-0.05, 0) is 37.2 Å². The fourth-order valence-corrected chi connectivity index (χ4v) is 5.09. The number of aliphatic hydroxyl groups excluding tert-OH is 1. The standard InChI is InChI=1S/C24H35N3O5/c1-16(2)15-27-21(17-6-4-3-5-7-17)19(28)14-24(23(27)32)10-12-26(13-11-24)22(31)18(25)8-9-20(29)30/h3-7,16,18-19,21,28H,8-15,25H2,1-2H3,(H,29,30)/t18-,19+,21-/m0/s1. The molecular formula is C24H35N3O5. The van der Waals surface area contributed by atoms with E-state index in [0.29, 0.717) is 38.9 Å². The number of carbonyl (C=O) groups excluding carboxylic acids is 2. The molecule has 176 valence electrons. The van der Waals surface area contributed by atoms with Crippen LogP contribution in [-0.2, 0) is 14.4 Å². The maximum Gasteiger partial charge on any atom is 0.303 e. The highest BCUT2D eigenvalue weighted by molar-refractivity contribution is 5.86. The summed E-state index contributed by atoms with van der Waals surface area (Å²) in [6, 6.07) is 8.43. The molecule has 32 heavy (non-hydrogen) atoms. The number of carbonyl (C=O) groups is 3. The lowest BCUT2D eigenvalue weighted by Crippen LogP contribution is -2.60. The Kier molecular flexibility index (Phi) is 7.56. The van der Waals surface area contributed by atoms with Crippen LogP contribution in [0.15, 0.2) is 30.3 Å². The average molecular weight is 446 g/mol. The molecule has 0 unspecified atom stereocenters. The molecule has 4 N–H and O–H groups in total. The Bertz CT molecular complexity index is 820. The number of rotatable bonds is 7. The number of nitrogens with zero attached hydrogens (tertiary/aromatic N) is 2. The van der Waals surface area contributed by atoms with E-state index >= 15 is 0 Å². The third-order valence-electron chi connectivity index (χ3n) is 6.74. The van der Waals surface area contributed by atoms with Crippen molar-refractivity contribution in [3.05, 3.63) is 35.9 Å². The molecule has 1 aromatic carbocycles. The molecule has 2 aliphatic heterocycles. The lowest BCUT2D eigenvalue weighted by atomic mass is 9.68. The topological polar surface area (TPSA) is 124 Å². The number of likely N-dealkylation sites (tertiary alicyclic amines) is 2. The summed E-state index contributed by atoms with van der Waals surface area (Å²) in [6.45, 7) is 5.43. The van der Waals surface area contributed by atoms with E-state index in [0.717, 1.165) is 5.56 Å². The Hall–Kier alpha value is -2.45. The van der Waals surface area contributed by atoms with Gasteiger partial charge < -0.3 is 25.7 Å². The van der Waals surface area contributed by atoms with Crippen molar-refractivity contribution in [2.24, 2.45) is 17.1 Å². The number of hydrogen-bond donors (Lipinski definition) is 3. The van der Waals surface area contributed by atoms with Crippen LogP contribution >= 0.6 is 0 Å². The summed E-state index contributed by atoms with van der Waals surface area (Å²) in [4.78, 5) is 40.6. The lowest BCUT2D eigenvalue weighted by molar-refractivity contribution is -0.166. The number of piperidine rings is 2. The number of aliphatic hydroxyl groups is 1. The second-order valence-electron chi connectivity index (χ2n) is 9.62. The second kappa shape index (κ2) is 10.0. The Morgan fingerprint density at radius 1 is 1.19 bits per heavy atom. The molecule has 2 heterocycles. The summed E-state index contributed by atoms with van der Waals surface area (Å²) in [7, 11) is 0. The molecule has 0 aromatic heterocycles. The number of nitrogens with two attached hydrogens (primary N) is 1. The molecule has 2 aliphatic rings. The van der Waals surface area contributed by atoms with Gasteiger partial charge in [0.25, 0.3) is 0 Å². The normalized spacial score (nSPS) is 24.1. The number of carboxylic acid groups (broad SMARTS) is 1. The van der Waals surface area contributed by atoms with Gasteiger partial charge in [0.05, 0.1) is 23.6 Å². The Labute approximate surface area is 189 Å². The van der Waals surface area contributed by atoms with Crippen LogP contribution in [0.25, 0.3) is 0 Å². The van der Waals surface area contributed by atoms with Crippen molar-refractivity contribution in [2.45, 2.75) is 64.1 Å². The molecule has 3 rings (SSSR count). The third-order valence-corrected chi connectivity index (χ3v) is 6.74. The van der Waals surface area contributed by atoms with Gasteiger partial charge >= 0.3 is 5.97 Å². The summed E-state index contributed by atoms with van der Waals surface area (Å²) in [5.41, 5.74) is 6.14. The molecule has 8 nitrogen and oxygen atoms in total. The predicted molar refractivity (Wildman–Crippen MR) is 119 cm³/mol. The molecule has 2 fully saturated rings. The number of hydrogen-bond acceptors (Lipinski definition) is 5. The zero-order valence-electron chi connectivity index (χ0n) is 18.9. The maximum absolute atomic E-state index is 13.8. The van der Waals surface area contributed by atoms with Crippen LogP contribution in [0.2, 0.25) is 0 Å². The van der Waals surface area contributed by atoms with E-state index in [1.165, 1.54) is 0 Å². The highest BCUT2D eigenvalue weighted by atomic mass is 16.4. The minimum Gasteiger partial charge on any atom is -0.481 e. The molecule has 2 saturated heterocycles. The van der Waals surface area contributed by atoms with Gasteiger partial charge in [0.15, 0.2) is 0 Å². The van der Waals surface area contributed by atoms with Gasteiger partial charge in [0, 0.05) is 26.1 Å². The first-order chi connectivity index (χ1) is 15.1. The van der Waals surface area contributed by atoms with Gasteiger partial charge in [0.1, 0.15) is 0 Å². The van der Waals surface area contributed by atoms with Crippen molar-refractivity contribution >= 4 is 17.8 Å². The fourth-order valence-electron chi connectivity index (χ4n) is 5.09. The fraction of sp³-hybridized carbons (Fsp3) is 0.625. The molecule has 0 aliphatic carbocycles. The highest BCUT2D eigenvalue weighted by Gasteiger charge is 2.52. The zero-order chi connectivity index (χ0) is 23.5. The second-order valence-corrected chi connectivity index (χ2v) is 9.62. The Morgan fingerprint density at radius 2 is 1.81 bits per heavy atom. The zero-order valence-corrected chi connectivity index (χ0v) is 18.9. The first-order valence-electron chi connectivity index (χ1n) is 11.4. The molecule has 1 aromatic rings. The van der Waals surface area contributed by atoms with Gasteiger partial charge in [-0.1, -0.05) is 44.2 Å². The third kappa shape index (κ3) is 5.13. The largest absolute Gasteiger partial charge is 0.481 e. The van der Waals surface area contributed by atoms with Crippen molar-refractivity contribution in [3.63, 3.8) is 0 Å². The Morgan fingerprint density at radius 3 is 2.38 bits per heavy atom. The molecule has 2 amide bonds. The summed E-state index contributed by atoms with van der Waals surface area (Å²) >= 11 is 0. The minimum absolute atomic E-state index is 0.0487. The summed E-state index contributed by atoms with van der Waals surface area (Å²) in [5, 5.41) is 20.0. The van der Waals surface area contributed by atoms with E-state index in [1.54, 1.807) is 4.90 Å². The average Bonchev–Trinajstić information content (AvgIpc) is 2.76. The molecule has 0 saturated carbocycles. The van der Waals surface area contributed by atoms with Gasteiger partial charge in [-0.3, -0.25) is 14.4 Å². The number of amides is 2. The van der Waals surface area contributed by atoms with Crippen molar-refractivity contribution in [1.29, 1.82) is 0 Å². The smallest absolute Gasteiger partial charge is 0.303 e. The van der Waals surface area contributed by atoms with Gasteiger partial charge in [-0.15, -0.1) is 0 Å². The summed E-state index contributed by atoms with van der Waals surface area (Å²) in [5.74, 6) is -0.953. The van der Waals surface area contributed by atoms with E-state index < -0.39 is 23.5 Å². The summed E-state index contributed by atoms with van der Waals surface area (Å²) < 4.78 is 0. The van der Waals surface area contributed by atoms with Crippen molar-refractivity contribution < 1.29 is 24.6 Å². The van der Waals surface area contributed by atoms with Crippen molar-refractivity contribution in [3.8, 4) is 0 Å². The monoisotopic (exact) mass is 445 g/mol. The first-order valence-corrected chi connectivity index (χ1v) is 11.4. The first kappa shape index (κ1) is 24.2. The van der Waals surface area contributed by atoms with Crippen LogP contribution in [0, 0.1) is 11.3 Å². The van der Waals surface area contributed by atoms with Crippen LogP contribution < -0.4 is 5.73 Å². The van der Waals surface area contributed by atoms with E-state index in [2.05, 4.69) is 13.8 Å². The van der Waals surface area contributed by atoms with E-state index in [9.17, 15) is 19.5 Å². The molecule has 0 bridgehead atoms. The van der Waals surface area contributed by atoms with Gasteiger partial charge in [-0.2, -0.15) is 0 Å². The maximum atomic E-state index is 13.8. The van der Waals surface area contributed by atoms with E-state index in [-0.39, 0.29) is 36.6 Å². The van der Waals surface area contributed by atoms with Crippen LogP contribution in [0.1, 0.15) is 57.6 Å². The predicted octanol–water partition coefficient (Wildman–Crippen LogP) is 1.78. The Balaban J connectivity index is 1.74. The summed E-state index contributed by atoms with van der Waals surface area (Å²) in [6.07, 6.45) is 0.559.